The smallest absolute Gasteiger partial charge is 0.254 e. The average Bonchev–Trinajstić information content (AvgIpc) is 3.53. The largest absolute Gasteiger partial charge is 0.342 e. The van der Waals surface area contributed by atoms with E-state index in [0.717, 1.165) is 11.1 Å². The standard InChI is InChI=1S/C26H19ClFN5O2.ClH/c1-15(25(34)17-3-2-4-20(27)9-17)32-26(35)21-7-5-16(10-22(21)28)23-13-29-24-8-6-18(14-33(23)24)19-11-30-31-12-19;/h2-15H,1H3,(H,30,31)(H,32,35);1H/t15-;/m0./s1. The van der Waals surface area contributed by atoms with E-state index >= 15 is 4.39 Å². The highest BCUT2D eigenvalue weighted by Crippen LogP contribution is 2.26. The molecule has 3 aromatic heterocycles. The Morgan fingerprint density at radius 2 is 1.86 bits per heavy atom. The van der Waals surface area contributed by atoms with Gasteiger partial charge in [0.05, 0.1) is 29.7 Å². The predicted octanol–water partition coefficient (Wildman–Crippen LogP) is 5.61. The van der Waals surface area contributed by atoms with Gasteiger partial charge in [-0.1, -0.05) is 29.8 Å². The van der Waals surface area contributed by atoms with E-state index < -0.39 is 17.8 Å². The molecule has 0 aliphatic heterocycles. The SMILES string of the molecule is C[C@H](NC(=O)c1ccc(-c2cnc3ccc(-c4cn[nH]c4)cn23)cc1F)C(=O)c1cccc(Cl)c1.Cl. The van der Waals surface area contributed by atoms with Crippen molar-refractivity contribution in [1.82, 2.24) is 24.9 Å². The number of carbonyl (C=O) groups excluding carboxylic acids is 2. The number of halogens is 3. The minimum absolute atomic E-state index is 0. The molecule has 1 amide bonds. The Bertz CT molecular complexity index is 1570. The monoisotopic (exact) mass is 523 g/mol. The van der Waals surface area contributed by atoms with Crippen molar-refractivity contribution in [1.29, 1.82) is 0 Å². The molecule has 2 N–H and O–H groups in total. The number of imidazole rings is 1. The normalized spacial score (nSPS) is 11.6. The first kappa shape index (κ1) is 25.1. The van der Waals surface area contributed by atoms with E-state index in [2.05, 4.69) is 20.5 Å². The summed E-state index contributed by atoms with van der Waals surface area (Å²) in [7, 11) is 0. The van der Waals surface area contributed by atoms with Crippen LogP contribution in [0.25, 0.3) is 28.0 Å². The molecule has 0 aliphatic rings. The van der Waals surface area contributed by atoms with E-state index in [4.69, 9.17) is 11.6 Å². The first-order valence-corrected chi connectivity index (χ1v) is 11.2. The quantitative estimate of drug-likeness (QED) is 0.283. The lowest BCUT2D eigenvalue weighted by atomic mass is 10.0. The Morgan fingerprint density at radius 3 is 2.58 bits per heavy atom. The lowest BCUT2D eigenvalue weighted by molar-refractivity contribution is 0.0863. The molecule has 0 aliphatic carbocycles. The third kappa shape index (κ3) is 4.86. The number of benzene rings is 2. The molecule has 5 rings (SSSR count). The van der Waals surface area contributed by atoms with Gasteiger partial charge < -0.3 is 5.32 Å². The second kappa shape index (κ2) is 10.3. The van der Waals surface area contributed by atoms with Crippen LogP contribution < -0.4 is 5.32 Å². The number of ketones is 1. The summed E-state index contributed by atoms with van der Waals surface area (Å²) in [5.41, 5.74) is 3.95. The van der Waals surface area contributed by atoms with Crippen LogP contribution in [0.3, 0.4) is 0 Å². The summed E-state index contributed by atoms with van der Waals surface area (Å²) in [4.78, 5) is 29.7. The summed E-state index contributed by atoms with van der Waals surface area (Å²) < 4.78 is 16.9. The van der Waals surface area contributed by atoms with Crippen molar-refractivity contribution in [3.8, 4) is 22.4 Å². The number of amides is 1. The fraction of sp³-hybridized carbons (Fsp3) is 0.0769. The van der Waals surface area contributed by atoms with Gasteiger partial charge in [0.2, 0.25) is 0 Å². The Kier molecular flexibility index (Phi) is 7.19. The maximum Gasteiger partial charge on any atom is 0.254 e. The maximum absolute atomic E-state index is 15.0. The van der Waals surface area contributed by atoms with Gasteiger partial charge in [-0.05, 0) is 43.3 Å². The maximum atomic E-state index is 15.0. The Labute approximate surface area is 216 Å². The van der Waals surface area contributed by atoms with Crippen LogP contribution in [0.5, 0.6) is 0 Å². The van der Waals surface area contributed by atoms with Gasteiger partial charge in [0.25, 0.3) is 5.91 Å². The van der Waals surface area contributed by atoms with E-state index in [1.807, 2.05) is 22.7 Å². The highest BCUT2D eigenvalue weighted by molar-refractivity contribution is 6.31. The molecule has 0 fully saturated rings. The van der Waals surface area contributed by atoms with E-state index in [1.165, 1.54) is 18.2 Å². The molecule has 0 unspecified atom stereocenters. The van der Waals surface area contributed by atoms with Crippen molar-refractivity contribution in [3.05, 3.63) is 101 Å². The van der Waals surface area contributed by atoms with Crippen molar-refractivity contribution in [2.75, 3.05) is 0 Å². The number of aromatic nitrogens is 4. The summed E-state index contributed by atoms with van der Waals surface area (Å²) in [5.74, 6) is -1.71. The Hall–Kier alpha value is -4.01. The molecule has 10 heteroatoms. The molecule has 1 atom stereocenters. The molecule has 2 aromatic carbocycles. The van der Waals surface area contributed by atoms with Gasteiger partial charge >= 0.3 is 0 Å². The van der Waals surface area contributed by atoms with E-state index in [1.54, 1.807) is 49.8 Å². The molecule has 3 heterocycles. The van der Waals surface area contributed by atoms with E-state index in [-0.39, 0.29) is 23.8 Å². The van der Waals surface area contributed by atoms with Crippen LogP contribution in [0.2, 0.25) is 5.02 Å². The van der Waals surface area contributed by atoms with Crippen LogP contribution in [-0.4, -0.2) is 37.3 Å². The van der Waals surface area contributed by atoms with Crippen molar-refractivity contribution < 1.29 is 14.0 Å². The van der Waals surface area contributed by atoms with Crippen LogP contribution >= 0.6 is 24.0 Å². The highest BCUT2D eigenvalue weighted by Gasteiger charge is 2.21. The Balaban J connectivity index is 0.00000304. The second-order valence-electron chi connectivity index (χ2n) is 8.04. The van der Waals surface area contributed by atoms with Gasteiger partial charge in [-0.3, -0.25) is 19.1 Å². The fourth-order valence-electron chi connectivity index (χ4n) is 3.86. The number of H-pyrrole nitrogens is 1. The summed E-state index contributed by atoms with van der Waals surface area (Å²) in [6, 6.07) is 13.7. The summed E-state index contributed by atoms with van der Waals surface area (Å²) in [6.07, 6.45) is 7.03. The van der Waals surface area contributed by atoms with Crippen LogP contribution in [0.4, 0.5) is 4.39 Å². The molecule has 0 spiro atoms. The summed E-state index contributed by atoms with van der Waals surface area (Å²) >= 11 is 5.94. The van der Waals surface area contributed by atoms with Crippen molar-refractivity contribution >= 4 is 41.3 Å². The second-order valence-corrected chi connectivity index (χ2v) is 8.48. The number of hydrogen-bond acceptors (Lipinski definition) is 4. The number of hydrogen-bond donors (Lipinski definition) is 2. The average molecular weight is 524 g/mol. The molecular formula is C26H20Cl2FN5O2. The number of Topliss-reactive ketones (excluding diaryl/α,β-unsaturated/α-hetero) is 1. The predicted molar refractivity (Wildman–Crippen MR) is 138 cm³/mol. The molecule has 0 saturated heterocycles. The van der Waals surface area contributed by atoms with E-state index in [9.17, 15) is 9.59 Å². The third-order valence-corrected chi connectivity index (χ3v) is 5.93. The van der Waals surface area contributed by atoms with Crippen LogP contribution in [0.1, 0.15) is 27.6 Å². The number of fused-ring (bicyclic) bond motifs is 1. The van der Waals surface area contributed by atoms with Crippen molar-refractivity contribution in [2.45, 2.75) is 13.0 Å². The zero-order valence-corrected chi connectivity index (χ0v) is 20.5. The van der Waals surface area contributed by atoms with Gasteiger partial charge in [-0.25, -0.2) is 9.37 Å². The molecule has 5 aromatic rings. The number of nitrogens with one attached hydrogen (secondary N) is 2. The zero-order chi connectivity index (χ0) is 24.5. The summed E-state index contributed by atoms with van der Waals surface area (Å²) in [5, 5.41) is 9.74. The number of carbonyl (C=O) groups is 2. The van der Waals surface area contributed by atoms with Gasteiger partial charge in [0, 0.05) is 39.7 Å². The first-order valence-electron chi connectivity index (χ1n) is 10.8. The third-order valence-electron chi connectivity index (χ3n) is 5.70. The molecule has 7 nitrogen and oxygen atoms in total. The van der Waals surface area contributed by atoms with Gasteiger partial charge in [-0.15, -0.1) is 12.4 Å². The fourth-order valence-corrected chi connectivity index (χ4v) is 4.05. The molecule has 0 radical (unpaired) electrons. The van der Waals surface area contributed by atoms with Crippen molar-refractivity contribution in [3.63, 3.8) is 0 Å². The molecule has 0 bridgehead atoms. The summed E-state index contributed by atoms with van der Waals surface area (Å²) in [6.45, 7) is 1.55. The minimum Gasteiger partial charge on any atom is -0.342 e. The van der Waals surface area contributed by atoms with Crippen LogP contribution in [-0.2, 0) is 0 Å². The minimum atomic E-state index is -0.861. The zero-order valence-electron chi connectivity index (χ0n) is 18.9. The number of pyridine rings is 1. The lowest BCUT2D eigenvalue weighted by Gasteiger charge is -2.14. The number of aromatic amines is 1. The number of nitrogens with zero attached hydrogens (tertiary/aromatic N) is 3. The van der Waals surface area contributed by atoms with Gasteiger partial charge in [0.1, 0.15) is 11.5 Å². The van der Waals surface area contributed by atoms with Crippen LogP contribution in [0, 0.1) is 5.82 Å². The first-order chi connectivity index (χ1) is 16.9. The Morgan fingerprint density at radius 1 is 1.06 bits per heavy atom. The van der Waals surface area contributed by atoms with Gasteiger partial charge in [0.15, 0.2) is 5.78 Å². The molecule has 182 valence electrons. The molecule has 36 heavy (non-hydrogen) atoms. The molecule has 0 saturated carbocycles. The lowest BCUT2D eigenvalue weighted by Crippen LogP contribution is -2.38. The number of rotatable bonds is 6. The highest BCUT2D eigenvalue weighted by atomic mass is 35.5. The van der Waals surface area contributed by atoms with Crippen molar-refractivity contribution in [2.24, 2.45) is 0 Å². The molecular weight excluding hydrogens is 504 g/mol. The topological polar surface area (TPSA) is 92.2 Å². The van der Waals surface area contributed by atoms with Crippen LogP contribution in [0.15, 0.2) is 79.4 Å². The van der Waals surface area contributed by atoms with Gasteiger partial charge in [-0.2, -0.15) is 5.10 Å². The van der Waals surface area contributed by atoms with E-state index in [0.29, 0.717) is 27.5 Å².